The lowest BCUT2D eigenvalue weighted by Crippen LogP contribution is -2.38. The molecule has 0 atom stereocenters. The van der Waals surface area contributed by atoms with Crippen LogP contribution in [0.2, 0.25) is 0 Å². The van der Waals surface area contributed by atoms with Gasteiger partial charge in [0.15, 0.2) is 6.61 Å². The number of anilines is 2. The van der Waals surface area contributed by atoms with Gasteiger partial charge in [0.05, 0.1) is 25.4 Å². The van der Waals surface area contributed by atoms with Gasteiger partial charge < -0.3 is 29.7 Å². The fraction of sp³-hybridized carbons (Fsp3) is 0.375. The summed E-state index contributed by atoms with van der Waals surface area (Å²) < 4.78 is 14.7. The van der Waals surface area contributed by atoms with Gasteiger partial charge in [-0.1, -0.05) is 6.07 Å². The molecule has 186 valence electrons. The molecule has 0 radical (unpaired) electrons. The Bertz CT molecular complexity index is 1100. The van der Waals surface area contributed by atoms with E-state index in [4.69, 9.17) is 14.2 Å². The minimum atomic E-state index is -1.44. The Morgan fingerprint density at radius 3 is 2.23 bits per heavy atom. The highest BCUT2D eigenvalue weighted by Gasteiger charge is 2.42. The highest BCUT2D eigenvalue weighted by molar-refractivity contribution is 6.06. The normalized spacial score (nSPS) is 16.1. The van der Waals surface area contributed by atoms with Gasteiger partial charge in [-0.3, -0.25) is 14.4 Å². The number of allylic oxidation sites excluding steroid dienone is 2. The van der Waals surface area contributed by atoms with Crippen molar-refractivity contribution in [3.05, 3.63) is 46.8 Å². The number of carbonyl (C=O) groups is 5. The standard InChI is InChI=1S/C24H27N3O8/c1-13-19(22(30)33-3)21(20(14(2)25-13)23(31)34-4)24(32)35-12-17(28)26-15-7-5-8-16(11-15)27-10-6-9-18(27)29/h5,7-8,11,21,25H,6,9-10,12H2,1-4H3,(H,26,28). The summed E-state index contributed by atoms with van der Waals surface area (Å²) in [5.41, 5.74) is 1.45. The summed E-state index contributed by atoms with van der Waals surface area (Å²) in [6, 6.07) is 6.75. The molecular formula is C24H27N3O8. The zero-order valence-electron chi connectivity index (χ0n) is 19.9. The lowest BCUT2D eigenvalue weighted by Gasteiger charge is -2.28. The van der Waals surface area contributed by atoms with Crippen LogP contribution in [0.15, 0.2) is 46.8 Å². The fourth-order valence-electron chi connectivity index (χ4n) is 4.08. The predicted octanol–water partition coefficient (Wildman–Crippen LogP) is 1.41. The third kappa shape index (κ3) is 5.51. The molecule has 35 heavy (non-hydrogen) atoms. The number of rotatable bonds is 7. The van der Waals surface area contributed by atoms with Crippen LogP contribution in [0.1, 0.15) is 26.7 Å². The number of esters is 3. The van der Waals surface area contributed by atoms with Gasteiger partial charge in [0.1, 0.15) is 5.92 Å². The van der Waals surface area contributed by atoms with Gasteiger partial charge in [0.2, 0.25) is 5.91 Å². The van der Waals surface area contributed by atoms with Crippen molar-refractivity contribution in [2.24, 2.45) is 5.92 Å². The van der Waals surface area contributed by atoms with Gasteiger partial charge >= 0.3 is 17.9 Å². The second-order valence-corrected chi connectivity index (χ2v) is 7.97. The lowest BCUT2D eigenvalue weighted by molar-refractivity contribution is -0.152. The monoisotopic (exact) mass is 485 g/mol. The van der Waals surface area contributed by atoms with Gasteiger partial charge in [0, 0.05) is 35.7 Å². The largest absolute Gasteiger partial charge is 0.466 e. The molecule has 1 fully saturated rings. The first-order chi connectivity index (χ1) is 16.7. The first-order valence-corrected chi connectivity index (χ1v) is 10.9. The van der Waals surface area contributed by atoms with Gasteiger partial charge in [-0.2, -0.15) is 0 Å². The fourth-order valence-corrected chi connectivity index (χ4v) is 4.08. The molecule has 1 saturated heterocycles. The van der Waals surface area contributed by atoms with Crippen LogP contribution in [-0.2, 0) is 38.2 Å². The number of methoxy groups -OCH3 is 2. The van der Waals surface area contributed by atoms with Crippen LogP contribution >= 0.6 is 0 Å². The molecule has 2 aliphatic heterocycles. The number of ether oxygens (including phenoxy) is 3. The quantitative estimate of drug-likeness (QED) is 0.433. The smallest absolute Gasteiger partial charge is 0.336 e. The van der Waals surface area contributed by atoms with Crippen LogP contribution in [0.3, 0.4) is 0 Å². The van der Waals surface area contributed by atoms with Gasteiger partial charge in [0.25, 0.3) is 5.91 Å². The van der Waals surface area contributed by atoms with E-state index in [2.05, 4.69) is 10.6 Å². The topological polar surface area (TPSA) is 140 Å². The minimum absolute atomic E-state index is 0.0129. The van der Waals surface area contributed by atoms with E-state index in [1.807, 2.05) is 0 Å². The van der Waals surface area contributed by atoms with Gasteiger partial charge in [-0.25, -0.2) is 9.59 Å². The molecular weight excluding hydrogens is 458 g/mol. The zero-order chi connectivity index (χ0) is 25.7. The highest BCUT2D eigenvalue weighted by Crippen LogP contribution is 2.32. The molecule has 0 aliphatic carbocycles. The molecule has 0 bridgehead atoms. The molecule has 2 heterocycles. The van der Waals surface area contributed by atoms with E-state index in [0.29, 0.717) is 35.7 Å². The Morgan fingerprint density at radius 1 is 1.06 bits per heavy atom. The zero-order valence-corrected chi connectivity index (χ0v) is 19.9. The van der Waals surface area contributed by atoms with Crippen LogP contribution in [0.4, 0.5) is 11.4 Å². The molecule has 0 saturated carbocycles. The highest BCUT2D eigenvalue weighted by atomic mass is 16.5. The Labute approximate surface area is 202 Å². The second-order valence-electron chi connectivity index (χ2n) is 7.97. The van der Waals surface area contributed by atoms with Crippen LogP contribution in [0.5, 0.6) is 0 Å². The molecule has 11 heteroatoms. The van der Waals surface area contributed by atoms with E-state index in [0.717, 1.165) is 20.6 Å². The third-order valence-corrected chi connectivity index (χ3v) is 5.67. The maximum atomic E-state index is 13.0. The Kier molecular flexibility index (Phi) is 7.90. The maximum absolute atomic E-state index is 13.0. The van der Waals surface area contributed by atoms with Crippen LogP contribution in [0, 0.1) is 5.92 Å². The van der Waals surface area contributed by atoms with Crippen molar-refractivity contribution < 1.29 is 38.2 Å². The predicted molar refractivity (Wildman–Crippen MR) is 124 cm³/mol. The Balaban J connectivity index is 1.73. The number of dihydropyridines is 1. The SMILES string of the molecule is COC(=O)C1=C(C)NC(C)=C(C(=O)OC)C1C(=O)OCC(=O)Nc1cccc(N2CCCC2=O)c1. The molecule has 11 nitrogen and oxygen atoms in total. The molecule has 0 spiro atoms. The maximum Gasteiger partial charge on any atom is 0.336 e. The van der Waals surface area contributed by atoms with Crippen molar-refractivity contribution in [2.45, 2.75) is 26.7 Å². The summed E-state index contributed by atoms with van der Waals surface area (Å²) in [4.78, 5) is 63.9. The van der Waals surface area contributed by atoms with Crippen LogP contribution < -0.4 is 15.5 Å². The van der Waals surface area contributed by atoms with E-state index in [-0.39, 0.29) is 17.1 Å². The molecule has 1 aromatic rings. The van der Waals surface area contributed by atoms with E-state index in [1.165, 1.54) is 0 Å². The average Bonchev–Trinajstić information content (AvgIpc) is 3.27. The number of nitrogens with zero attached hydrogens (tertiary/aromatic N) is 1. The molecule has 2 aliphatic rings. The summed E-state index contributed by atoms with van der Waals surface area (Å²) in [6.45, 7) is 3.04. The van der Waals surface area contributed by atoms with E-state index in [9.17, 15) is 24.0 Å². The van der Waals surface area contributed by atoms with Crippen LogP contribution in [-0.4, -0.2) is 57.1 Å². The molecule has 3 rings (SSSR count). The first kappa shape index (κ1) is 25.5. The van der Waals surface area contributed by atoms with Crippen molar-refractivity contribution in [2.75, 3.05) is 37.6 Å². The summed E-state index contributed by atoms with van der Waals surface area (Å²) in [6.07, 6.45) is 1.25. The number of carbonyl (C=O) groups excluding carboxylic acids is 5. The third-order valence-electron chi connectivity index (χ3n) is 5.67. The number of amides is 2. The first-order valence-electron chi connectivity index (χ1n) is 10.9. The Morgan fingerprint density at radius 2 is 1.69 bits per heavy atom. The Hall–Kier alpha value is -4.15. The van der Waals surface area contributed by atoms with E-state index < -0.39 is 36.3 Å². The van der Waals surface area contributed by atoms with Crippen molar-refractivity contribution in [1.29, 1.82) is 0 Å². The van der Waals surface area contributed by atoms with Crippen molar-refractivity contribution >= 4 is 41.1 Å². The summed E-state index contributed by atoms with van der Waals surface area (Å²) in [7, 11) is 2.29. The van der Waals surface area contributed by atoms with Crippen molar-refractivity contribution in [3.8, 4) is 0 Å². The van der Waals surface area contributed by atoms with Gasteiger partial charge in [-0.05, 0) is 38.5 Å². The van der Waals surface area contributed by atoms with E-state index in [1.54, 1.807) is 43.0 Å². The second kappa shape index (κ2) is 10.9. The molecule has 1 aromatic carbocycles. The minimum Gasteiger partial charge on any atom is -0.466 e. The van der Waals surface area contributed by atoms with E-state index >= 15 is 0 Å². The molecule has 2 N–H and O–H groups in total. The molecule has 0 unspecified atom stereocenters. The lowest BCUT2D eigenvalue weighted by atomic mass is 9.85. The van der Waals surface area contributed by atoms with Crippen LogP contribution in [0.25, 0.3) is 0 Å². The number of nitrogens with one attached hydrogen (secondary N) is 2. The average molecular weight is 485 g/mol. The number of hydrogen-bond acceptors (Lipinski definition) is 9. The number of benzene rings is 1. The molecule has 2 amide bonds. The van der Waals surface area contributed by atoms with Crippen molar-refractivity contribution in [3.63, 3.8) is 0 Å². The summed E-state index contributed by atoms with van der Waals surface area (Å²) >= 11 is 0. The summed E-state index contributed by atoms with van der Waals surface area (Å²) in [5.74, 6) is -4.71. The molecule has 0 aromatic heterocycles. The summed E-state index contributed by atoms with van der Waals surface area (Å²) in [5, 5.41) is 5.48. The number of hydrogen-bond donors (Lipinski definition) is 2. The van der Waals surface area contributed by atoms with Gasteiger partial charge in [-0.15, -0.1) is 0 Å². The van der Waals surface area contributed by atoms with Crippen molar-refractivity contribution in [1.82, 2.24) is 5.32 Å².